The van der Waals surface area contributed by atoms with Gasteiger partial charge in [-0.2, -0.15) is 5.10 Å². The molecular formula is C11H21N3O. The summed E-state index contributed by atoms with van der Waals surface area (Å²) in [5.74, 6) is 0. The van der Waals surface area contributed by atoms with Crippen LogP contribution in [-0.2, 0) is 6.54 Å². The summed E-state index contributed by atoms with van der Waals surface area (Å²) in [4.78, 5) is 0. The minimum Gasteiger partial charge on any atom is -0.396 e. The Bertz CT molecular complexity index is 257. The zero-order chi connectivity index (χ0) is 11.1. The summed E-state index contributed by atoms with van der Waals surface area (Å²) in [5.41, 5.74) is 1.34. The largest absolute Gasteiger partial charge is 0.396 e. The fraction of sp³-hybridized carbons (Fsp3) is 0.727. The molecule has 0 atom stereocenters. The van der Waals surface area contributed by atoms with Gasteiger partial charge in [0.2, 0.25) is 0 Å². The maximum atomic E-state index is 8.77. The first-order valence-electron chi connectivity index (χ1n) is 5.44. The maximum Gasteiger partial charge on any atom is 0.0490 e. The SMILES string of the molecule is CC(C)(CCCO)CNCc1ccn[nH]1. The molecule has 3 N–H and O–H groups in total. The van der Waals surface area contributed by atoms with Crippen molar-refractivity contribution < 1.29 is 5.11 Å². The average molecular weight is 211 g/mol. The molecule has 0 aliphatic heterocycles. The van der Waals surface area contributed by atoms with Gasteiger partial charge in [-0.3, -0.25) is 5.10 Å². The molecule has 0 fully saturated rings. The molecule has 0 saturated heterocycles. The second-order valence-corrected chi connectivity index (χ2v) is 4.68. The second kappa shape index (κ2) is 5.88. The lowest BCUT2D eigenvalue weighted by Gasteiger charge is -2.24. The zero-order valence-corrected chi connectivity index (χ0v) is 9.58. The standard InChI is InChI=1S/C11H21N3O/c1-11(2,5-3-7-15)9-12-8-10-4-6-13-14-10/h4,6,12,15H,3,5,7-9H2,1-2H3,(H,13,14). The van der Waals surface area contributed by atoms with E-state index in [9.17, 15) is 0 Å². The fourth-order valence-electron chi connectivity index (χ4n) is 1.56. The van der Waals surface area contributed by atoms with E-state index in [0.717, 1.165) is 31.6 Å². The number of hydrogen-bond donors (Lipinski definition) is 3. The zero-order valence-electron chi connectivity index (χ0n) is 9.58. The highest BCUT2D eigenvalue weighted by Crippen LogP contribution is 2.20. The Morgan fingerprint density at radius 1 is 1.53 bits per heavy atom. The van der Waals surface area contributed by atoms with Gasteiger partial charge in [-0.15, -0.1) is 0 Å². The van der Waals surface area contributed by atoms with E-state index in [1.54, 1.807) is 6.20 Å². The van der Waals surface area contributed by atoms with Gasteiger partial charge >= 0.3 is 0 Å². The van der Waals surface area contributed by atoms with E-state index < -0.39 is 0 Å². The molecule has 86 valence electrons. The van der Waals surface area contributed by atoms with Gasteiger partial charge in [-0.1, -0.05) is 13.8 Å². The van der Waals surface area contributed by atoms with Crippen LogP contribution in [0.15, 0.2) is 12.3 Å². The highest BCUT2D eigenvalue weighted by Gasteiger charge is 2.16. The van der Waals surface area contributed by atoms with E-state index in [1.165, 1.54) is 0 Å². The Labute approximate surface area is 91.1 Å². The van der Waals surface area contributed by atoms with Crippen LogP contribution in [0.4, 0.5) is 0 Å². The number of aliphatic hydroxyl groups is 1. The molecule has 1 heterocycles. The van der Waals surface area contributed by atoms with Crippen molar-refractivity contribution in [2.24, 2.45) is 5.41 Å². The normalized spacial score (nSPS) is 11.9. The smallest absolute Gasteiger partial charge is 0.0490 e. The number of hydrogen-bond acceptors (Lipinski definition) is 3. The first-order chi connectivity index (χ1) is 7.14. The quantitative estimate of drug-likeness (QED) is 0.637. The highest BCUT2D eigenvalue weighted by atomic mass is 16.2. The topological polar surface area (TPSA) is 60.9 Å². The summed E-state index contributed by atoms with van der Waals surface area (Å²) in [5, 5.41) is 19.0. The van der Waals surface area contributed by atoms with Gasteiger partial charge in [0.15, 0.2) is 0 Å². The van der Waals surface area contributed by atoms with Crippen molar-refractivity contribution in [1.29, 1.82) is 0 Å². The lowest BCUT2D eigenvalue weighted by Crippen LogP contribution is -2.29. The van der Waals surface area contributed by atoms with Gasteiger partial charge in [0.05, 0.1) is 0 Å². The van der Waals surface area contributed by atoms with Gasteiger partial charge in [0.1, 0.15) is 0 Å². The molecule has 0 amide bonds. The Morgan fingerprint density at radius 2 is 2.33 bits per heavy atom. The molecule has 0 aromatic carbocycles. The summed E-state index contributed by atoms with van der Waals surface area (Å²) >= 11 is 0. The van der Waals surface area contributed by atoms with E-state index in [-0.39, 0.29) is 12.0 Å². The van der Waals surface area contributed by atoms with Gasteiger partial charge in [-0.05, 0) is 24.3 Å². The van der Waals surface area contributed by atoms with Crippen molar-refractivity contribution in [2.45, 2.75) is 33.2 Å². The maximum absolute atomic E-state index is 8.77. The molecule has 0 spiro atoms. The summed E-state index contributed by atoms with van der Waals surface area (Å²) < 4.78 is 0. The van der Waals surface area contributed by atoms with Gasteiger partial charge in [-0.25, -0.2) is 0 Å². The lowest BCUT2D eigenvalue weighted by atomic mass is 9.88. The molecule has 15 heavy (non-hydrogen) atoms. The molecule has 0 unspecified atom stereocenters. The fourth-order valence-corrected chi connectivity index (χ4v) is 1.56. The third-order valence-corrected chi connectivity index (χ3v) is 2.49. The third-order valence-electron chi connectivity index (χ3n) is 2.49. The number of rotatable bonds is 7. The van der Waals surface area contributed by atoms with Crippen molar-refractivity contribution in [1.82, 2.24) is 15.5 Å². The summed E-state index contributed by atoms with van der Waals surface area (Å²) in [7, 11) is 0. The molecule has 0 aliphatic carbocycles. The van der Waals surface area contributed by atoms with Crippen LogP contribution in [0.25, 0.3) is 0 Å². The molecule has 0 saturated carbocycles. The van der Waals surface area contributed by atoms with E-state index in [4.69, 9.17) is 5.11 Å². The van der Waals surface area contributed by atoms with Crippen LogP contribution >= 0.6 is 0 Å². The van der Waals surface area contributed by atoms with Crippen LogP contribution in [0, 0.1) is 5.41 Å². The molecule has 4 heteroatoms. The minimum absolute atomic E-state index is 0.239. The van der Waals surface area contributed by atoms with Crippen LogP contribution < -0.4 is 5.32 Å². The van der Waals surface area contributed by atoms with E-state index in [0.29, 0.717) is 0 Å². The monoisotopic (exact) mass is 211 g/mol. The second-order valence-electron chi connectivity index (χ2n) is 4.68. The van der Waals surface area contributed by atoms with Crippen LogP contribution in [0.2, 0.25) is 0 Å². The van der Waals surface area contributed by atoms with Crippen molar-refractivity contribution in [3.05, 3.63) is 18.0 Å². The predicted octanol–water partition coefficient (Wildman–Crippen LogP) is 1.30. The Kier molecular flexibility index (Phi) is 4.78. The summed E-state index contributed by atoms with van der Waals surface area (Å²) in [6.45, 7) is 6.48. The molecule has 0 radical (unpaired) electrons. The molecule has 0 bridgehead atoms. The Hall–Kier alpha value is -0.870. The number of nitrogens with one attached hydrogen (secondary N) is 2. The molecule has 1 rings (SSSR count). The summed E-state index contributed by atoms with van der Waals surface area (Å²) in [6, 6.07) is 1.97. The van der Waals surface area contributed by atoms with Crippen LogP contribution in [0.3, 0.4) is 0 Å². The molecule has 0 aliphatic rings. The summed E-state index contributed by atoms with van der Waals surface area (Å²) in [6.07, 6.45) is 3.67. The minimum atomic E-state index is 0.239. The van der Waals surface area contributed by atoms with Gasteiger partial charge < -0.3 is 10.4 Å². The Morgan fingerprint density at radius 3 is 2.93 bits per heavy atom. The molecule has 4 nitrogen and oxygen atoms in total. The van der Waals surface area contributed by atoms with Crippen molar-refractivity contribution >= 4 is 0 Å². The van der Waals surface area contributed by atoms with Crippen molar-refractivity contribution in [3.63, 3.8) is 0 Å². The van der Waals surface area contributed by atoms with Gasteiger partial charge in [0.25, 0.3) is 0 Å². The van der Waals surface area contributed by atoms with Crippen molar-refractivity contribution in [2.75, 3.05) is 13.2 Å². The van der Waals surface area contributed by atoms with Gasteiger partial charge in [0, 0.05) is 31.6 Å². The molecule has 1 aromatic rings. The van der Waals surface area contributed by atoms with E-state index >= 15 is 0 Å². The number of aliphatic hydroxyl groups excluding tert-OH is 1. The lowest BCUT2D eigenvalue weighted by molar-refractivity contribution is 0.236. The van der Waals surface area contributed by atoms with Crippen molar-refractivity contribution in [3.8, 4) is 0 Å². The predicted molar refractivity (Wildman–Crippen MR) is 60.4 cm³/mol. The first-order valence-corrected chi connectivity index (χ1v) is 5.44. The number of nitrogens with zero attached hydrogens (tertiary/aromatic N) is 1. The third kappa shape index (κ3) is 4.95. The molecular weight excluding hydrogens is 190 g/mol. The highest BCUT2D eigenvalue weighted by molar-refractivity contribution is 4.96. The van der Waals surface area contributed by atoms with Crippen LogP contribution in [0.5, 0.6) is 0 Å². The van der Waals surface area contributed by atoms with E-state index in [1.807, 2.05) is 6.07 Å². The average Bonchev–Trinajstić information content (AvgIpc) is 2.67. The number of H-pyrrole nitrogens is 1. The van der Waals surface area contributed by atoms with E-state index in [2.05, 4.69) is 29.4 Å². The van der Waals surface area contributed by atoms with Crippen LogP contribution in [0.1, 0.15) is 32.4 Å². The Balaban J connectivity index is 2.18. The first kappa shape index (κ1) is 12.2. The number of aromatic nitrogens is 2. The molecule has 1 aromatic heterocycles. The van der Waals surface area contributed by atoms with Crippen LogP contribution in [-0.4, -0.2) is 28.5 Å². The number of aromatic amines is 1.